The summed E-state index contributed by atoms with van der Waals surface area (Å²) in [6.45, 7) is 3.39. The molecule has 3 rings (SSSR count). The molecule has 1 atom stereocenters. The highest BCUT2D eigenvalue weighted by molar-refractivity contribution is 9.10. The Morgan fingerprint density at radius 1 is 1.29 bits per heavy atom. The van der Waals surface area contributed by atoms with Crippen molar-refractivity contribution >= 4 is 15.9 Å². The predicted molar refractivity (Wildman–Crippen MR) is 84.4 cm³/mol. The third-order valence-corrected chi connectivity index (χ3v) is 4.74. The Labute approximate surface area is 134 Å². The Morgan fingerprint density at radius 3 is 2.86 bits per heavy atom. The second-order valence-electron chi connectivity index (χ2n) is 5.60. The zero-order valence-electron chi connectivity index (χ0n) is 12.4. The molecule has 2 saturated heterocycles. The van der Waals surface area contributed by atoms with Crippen molar-refractivity contribution in [2.45, 2.75) is 38.1 Å². The minimum absolute atomic E-state index is 0.0663. The van der Waals surface area contributed by atoms with E-state index in [1.807, 2.05) is 12.1 Å². The summed E-state index contributed by atoms with van der Waals surface area (Å²) in [7, 11) is 1.73. The lowest BCUT2D eigenvalue weighted by atomic mass is 10.0. The van der Waals surface area contributed by atoms with Crippen LogP contribution in [0.1, 0.15) is 24.8 Å². The molecule has 0 aromatic heterocycles. The Morgan fingerprint density at radius 2 is 2.10 bits per heavy atom. The van der Waals surface area contributed by atoms with Crippen LogP contribution in [0.2, 0.25) is 0 Å². The van der Waals surface area contributed by atoms with Gasteiger partial charge in [0.1, 0.15) is 5.75 Å². The van der Waals surface area contributed by atoms with Crippen LogP contribution in [0.3, 0.4) is 0 Å². The van der Waals surface area contributed by atoms with Gasteiger partial charge in [-0.15, -0.1) is 0 Å². The fourth-order valence-electron chi connectivity index (χ4n) is 3.21. The van der Waals surface area contributed by atoms with Crippen molar-refractivity contribution in [1.82, 2.24) is 4.90 Å². The van der Waals surface area contributed by atoms with Gasteiger partial charge in [-0.2, -0.15) is 0 Å². The number of methoxy groups -OCH3 is 1. The molecule has 0 N–H and O–H groups in total. The van der Waals surface area contributed by atoms with Crippen LogP contribution in [0.15, 0.2) is 22.7 Å². The minimum atomic E-state index is -0.0663. The Kier molecular flexibility index (Phi) is 5.16. The maximum absolute atomic E-state index is 5.74. The third-order valence-electron chi connectivity index (χ3n) is 4.24. The molecule has 0 amide bonds. The Bertz CT molecular complexity index is 477. The molecule has 0 spiro atoms. The monoisotopic (exact) mass is 355 g/mol. The van der Waals surface area contributed by atoms with Crippen LogP contribution >= 0.6 is 15.9 Å². The molecular formula is C16H22BrNO3. The molecule has 0 saturated carbocycles. The first-order valence-electron chi connectivity index (χ1n) is 7.57. The number of benzene rings is 1. The van der Waals surface area contributed by atoms with Gasteiger partial charge in [-0.3, -0.25) is 4.90 Å². The SMILES string of the molecule is COc1ccc(Br)cc1CN1CCCCC1C1OCCO1. The number of rotatable bonds is 4. The molecule has 0 radical (unpaired) electrons. The maximum Gasteiger partial charge on any atom is 0.173 e. The quantitative estimate of drug-likeness (QED) is 0.829. The predicted octanol–water partition coefficient (Wildman–Crippen LogP) is 3.19. The summed E-state index contributed by atoms with van der Waals surface area (Å²) in [4.78, 5) is 2.48. The number of hydrogen-bond donors (Lipinski definition) is 0. The van der Waals surface area contributed by atoms with Crippen LogP contribution in [0, 0.1) is 0 Å². The van der Waals surface area contributed by atoms with Crippen molar-refractivity contribution in [2.75, 3.05) is 26.9 Å². The lowest BCUT2D eigenvalue weighted by Crippen LogP contribution is -2.46. The second kappa shape index (κ2) is 7.09. The summed E-state index contributed by atoms with van der Waals surface area (Å²) in [5.74, 6) is 0.941. The number of likely N-dealkylation sites (tertiary alicyclic amines) is 1. The molecule has 2 heterocycles. The smallest absolute Gasteiger partial charge is 0.173 e. The van der Waals surface area contributed by atoms with E-state index in [0.717, 1.165) is 42.9 Å². The van der Waals surface area contributed by atoms with E-state index in [2.05, 4.69) is 26.9 Å². The first-order chi connectivity index (χ1) is 10.3. The average Bonchev–Trinajstić information content (AvgIpc) is 3.02. The molecule has 0 bridgehead atoms. The van der Waals surface area contributed by atoms with Crippen molar-refractivity contribution in [1.29, 1.82) is 0 Å². The standard InChI is InChI=1S/C16H22BrNO3/c1-19-15-6-5-13(17)10-12(15)11-18-7-3-2-4-14(18)16-20-8-9-21-16/h5-6,10,14,16H,2-4,7-9,11H2,1H3. The van der Waals surface area contributed by atoms with Gasteiger partial charge in [-0.25, -0.2) is 0 Å². The molecule has 2 fully saturated rings. The van der Waals surface area contributed by atoms with Crippen molar-refractivity contribution in [3.63, 3.8) is 0 Å². The van der Waals surface area contributed by atoms with Gasteiger partial charge in [0.2, 0.25) is 0 Å². The summed E-state index contributed by atoms with van der Waals surface area (Å²) in [5.41, 5.74) is 1.21. The van der Waals surface area contributed by atoms with E-state index in [1.165, 1.54) is 18.4 Å². The number of ether oxygens (including phenoxy) is 3. The number of piperidine rings is 1. The first-order valence-corrected chi connectivity index (χ1v) is 8.37. The van der Waals surface area contributed by atoms with Crippen LogP contribution in [0.5, 0.6) is 5.75 Å². The van der Waals surface area contributed by atoms with Gasteiger partial charge in [0.15, 0.2) is 6.29 Å². The topological polar surface area (TPSA) is 30.9 Å². The summed E-state index contributed by atoms with van der Waals surface area (Å²) in [5, 5.41) is 0. The fraction of sp³-hybridized carbons (Fsp3) is 0.625. The highest BCUT2D eigenvalue weighted by Crippen LogP contribution is 2.29. The number of hydrogen-bond acceptors (Lipinski definition) is 4. The molecule has 1 aromatic carbocycles. The molecule has 0 aliphatic carbocycles. The van der Waals surface area contributed by atoms with Crippen molar-refractivity contribution < 1.29 is 14.2 Å². The van der Waals surface area contributed by atoms with Crippen molar-refractivity contribution in [2.24, 2.45) is 0 Å². The van der Waals surface area contributed by atoms with Crippen LogP contribution in [-0.2, 0) is 16.0 Å². The van der Waals surface area contributed by atoms with Crippen LogP contribution in [-0.4, -0.2) is 44.1 Å². The summed E-state index contributed by atoms with van der Waals surface area (Å²) < 4.78 is 18.0. The fourth-order valence-corrected chi connectivity index (χ4v) is 3.62. The van der Waals surface area contributed by atoms with Gasteiger partial charge in [0, 0.05) is 16.6 Å². The molecule has 116 valence electrons. The molecule has 4 nitrogen and oxygen atoms in total. The highest BCUT2D eigenvalue weighted by Gasteiger charge is 2.33. The van der Waals surface area contributed by atoms with Gasteiger partial charge in [0.05, 0.1) is 26.4 Å². The van der Waals surface area contributed by atoms with Gasteiger partial charge in [-0.1, -0.05) is 22.4 Å². The zero-order valence-corrected chi connectivity index (χ0v) is 14.0. The van der Waals surface area contributed by atoms with Gasteiger partial charge in [-0.05, 0) is 37.6 Å². The van der Waals surface area contributed by atoms with Gasteiger partial charge in [0.25, 0.3) is 0 Å². The van der Waals surface area contributed by atoms with Crippen molar-refractivity contribution in [3.8, 4) is 5.75 Å². The average molecular weight is 356 g/mol. The minimum Gasteiger partial charge on any atom is -0.496 e. The molecular weight excluding hydrogens is 334 g/mol. The largest absolute Gasteiger partial charge is 0.496 e. The molecule has 2 aliphatic heterocycles. The Balaban J connectivity index is 1.76. The van der Waals surface area contributed by atoms with E-state index < -0.39 is 0 Å². The maximum atomic E-state index is 5.74. The van der Waals surface area contributed by atoms with Crippen LogP contribution in [0.25, 0.3) is 0 Å². The first kappa shape index (κ1) is 15.3. The number of nitrogens with zero attached hydrogens (tertiary/aromatic N) is 1. The summed E-state index contributed by atoms with van der Waals surface area (Å²) in [6, 6.07) is 6.52. The van der Waals surface area contributed by atoms with Crippen LogP contribution < -0.4 is 4.74 Å². The van der Waals surface area contributed by atoms with E-state index in [-0.39, 0.29) is 6.29 Å². The molecule has 5 heteroatoms. The van der Waals surface area contributed by atoms with E-state index in [9.17, 15) is 0 Å². The normalized spacial score (nSPS) is 24.4. The molecule has 1 unspecified atom stereocenters. The summed E-state index contributed by atoms with van der Waals surface area (Å²) >= 11 is 3.55. The van der Waals surface area contributed by atoms with E-state index in [4.69, 9.17) is 14.2 Å². The lowest BCUT2D eigenvalue weighted by Gasteiger charge is -2.38. The molecule has 1 aromatic rings. The van der Waals surface area contributed by atoms with E-state index in [0.29, 0.717) is 6.04 Å². The van der Waals surface area contributed by atoms with Gasteiger partial charge >= 0.3 is 0 Å². The third kappa shape index (κ3) is 3.59. The zero-order chi connectivity index (χ0) is 14.7. The van der Waals surface area contributed by atoms with Crippen LogP contribution in [0.4, 0.5) is 0 Å². The molecule has 2 aliphatic rings. The highest BCUT2D eigenvalue weighted by atomic mass is 79.9. The van der Waals surface area contributed by atoms with E-state index in [1.54, 1.807) is 7.11 Å². The molecule has 21 heavy (non-hydrogen) atoms. The van der Waals surface area contributed by atoms with E-state index >= 15 is 0 Å². The lowest BCUT2D eigenvalue weighted by molar-refractivity contribution is -0.111. The second-order valence-corrected chi connectivity index (χ2v) is 6.52. The number of halogens is 1. The van der Waals surface area contributed by atoms with Gasteiger partial charge < -0.3 is 14.2 Å². The van der Waals surface area contributed by atoms with Crippen molar-refractivity contribution in [3.05, 3.63) is 28.2 Å². The Hall–Kier alpha value is -0.620. The summed E-state index contributed by atoms with van der Waals surface area (Å²) in [6.07, 6.45) is 3.56.